The standard InChI is InChI=1S/C13H16Cl2N2S/c14-10-1-4-12(15)9(7-10)8-17(11-2-3-11)6-5-13(16)18/h1,4,7,11H,2-3,5-6,8H2,(H2,16,18). The summed E-state index contributed by atoms with van der Waals surface area (Å²) in [7, 11) is 0. The number of nitrogens with zero attached hydrogens (tertiary/aromatic N) is 1. The fourth-order valence-electron chi connectivity index (χ4n) is 1.97. The van der Waals surface area contributed by atoms with Crippen molar-refractivity contribution >= 4 is 40.4 Å². The van der Waals surface area contributed by atoms with Crippen LogP contribution in [0.2, 0.25) is 10.0 Å². The van der Waals surface area contributed by atoms with Crippen LogP contribution in [0.25, 0.3) is 0 Å². The number of hydrogen-bond acceptors (Lipinski definition) is 2. The third-order valence-electron chi connectivity index (χ3n) is 3.09. The second-order valence-electron chi connectivity index (χ2n) is 4.65. The molecule has 1 aliphatic carbocycles. The first-order valence-electron chi connectivity index (χ1n) is 6.02. The van der Waals surface area contributed by atoms with Crippen LogP contribution >= 0.6 is 35.4 Å². The lowest BCUT2D eigenvalue weighted by atomic mass is 10.2. The van der Waals surface area contributed by atoms with Crippen molar-refractivity contribution in [3.8, 4) is 0 Å². The summed E-state index contributed by atoms with van der Waals surface area (Å²) in [5.74, 6) is 0. The van der Waals surface area contributed by atoms with E-state index in [1.807, 2.05) is 18.2 Å². The quantitative estimate of drug-likeness (QED) is 0.814. The van der Waals surface area contributed by atoms with Crippen molar-refractivity contribution in [2.24, 2.45) is 5.73 Å². The number of rotatable bonds is 6. The van der Waals surface area contributed by atoms with Crippen molar-refractivity contribution in [3.05, 3.63) is 33.8 Å². The van der Waals surface area contributed by atoms with Gasteiger partial charge in [-0.2, -0.15) is 0 Å². The zero-order valence-electron chi connectivity index (χ0n) is 10.0. The summed E-state index contributed by atoms with van der Waals surface area (Å²) in [6, 6.07) is 6.23. The van der Waals surface area contributed by atoms with E-state index in [0.29, 0.717) is 11.0 Å². The number of benzene rings is 1. The Morgan fingerprint density at radius 2 is 2.11 bits per heavy atom. The highest BCUT2D eigenvalue weighted by Crippen LogP contribution is 2.30. The first-order chi connectivity index (χ1) is 8.56. The van der Waals surface area contributed by atoms with Gasteiger partial charge in [-0.15, -0.1) is 0 Å². The van der Waals surface area contributed by atoms with E-state index >= 15 is 0 Å². The predicted molar refractivity (Wildman–Crippen MR) is 81.3 cm³/mol. The molecule has 0 bridgehead atoms. The van der Waals surface area contributed by atoms with E-state index in [-0.39, 0.29) is 0 Å². The maximum atomic E-state index is 6.19. The maximum Gasteiger partial charge on any atom is 0.0740 e. The Bertz CT molecular complexity index is 447. The monoisotopic (exact) mass is 302 g/mol. The van der Waals surface area contributed by atoms with Gasteiger partial charge in [-0.1, -0.05) is 35.4 Å². The smallest absolute Gasteiger partial charge is 0.0740 e. The molecule has 2 nitrogen and oxygen atoms in total. The lowest BCUT2D eigenvalue weighted by Gasteiger charge is -2.22. The predicted octanol–water partition coefficient (Wildman–Crippen LogP) is 3.63. The van der Waals surface area contributed by atoms with Crippen LogP contribution in [0.1, 0.15) is 24.8 Å². The highest BCUT2D eigenvalue weighted by atomic mass is 35.5. The average Bonchev–Trinajstić information content (AvgIpc) is 3.12. The fourth-order valence-corrected chi connectivity index (χ4v) is 2.43. The van der Waals surface area contributed by atoms with Gasteiger partial charge in [0.25, 0.3) is 0 Å². The molecule has 0 aliphatic heterocycles. The molecule has 0 saturated heterocycles. The number of halogens is 2. The number of thiocarbonyl (C=S) groups is 1. The molecule has 1 fully saturated rings. The Labute approximate surface area is 123 Å². The Kier molecular flexibility index (Phi) is 4.84. The third kappa shape index (κ3) is 4.09. The Hall–Kier alpha value is -0.350. The summed E-state index contributed by atoms with van der Waals surface area (Å²) in [4.78, 5) is 2.95. The van der Waals surface area contributed by atoms with Gasteiger partial charge in [-0.3, -0.25) is 4.90 Å². The summed E-state index contributed by atoms with van der Waals surface area (Å²) in [5, 5.41) is 1.49. The van der Waals surface area contributed by atoms with Crippen LogP contribution in [0, 0.1) is 0 Å². The minimum Gasteiger partial charge on any atom is -0.393 e. The van der Waals surface area contributed by atoms with Crippen LogP contribution in [0.15, 0.2) is 18.2 Å². The summed E-state index contributed by atoms with van der Waals surface area (Å²) >= 11 is 17.1. The van der Waals surface area contributed by atoms with E-state index in [0.717, 1.165) is 35.1 Å². The van der Waals surface area contributed by atoms with E-state index in [1.165, 1.54) is 12.8 Å². The van der Waals surface area contributed by atoms with Gasteiger partial charge in [0.05, 0.1) is 4.99 Å². The molecule has 0 unspecified atom stereocenters. The molecule has 98 valence electrons. The maximum absolute atomic E-state index is 6.19. The summed E-state index contributed by atoms with van der Waals surface area (Å²) in [6.45, 7) is 1.70. The highest BCUT2D eigenvalue weighted by Gasteiger charge is 2.29. The number of hydrogen-bond donors (Lipinski definition) is 1. The van der Waals surface area contributed by atoms with Crippen molar-refractivity contribution in [3.63, 3.8) is 0 Å². The Balaban J connectivity index is 2.03. The fraction of sp³-hybridized carbons (Fsp3) is 0.462. The molecule has 18 heavy (non-hydrogen) atoms. The summed E-state index contributed by atoms with van der Waals surface area (Å²) in [5.41, 5.74) is 6.63. The van der Waals surface area contributed by atoms with E-state index in [9.17, 15) is 0 Å². The van der Waals surface area contributed by atoms with Gasteiger partial charge in [-0.05, 0) is 36.6 Å². The van der Waals surface area contributed by atoms with Crippen LogP contribution in [0.3, 0.4) is 0 Å². The molecule has 1 aliphatic rings. The van der Waals surface area contributed by atoms with Gasteiger partial charge in [0.1, 0.15) is 0 Å². The minimum atomic E-state index is 0.567. The third-order valence-corrected chi connectivity index (χ3v) is 3.90. The van der Waals surface area contributed by atoms with Crippen LogP contribution in [0.5, 0.6) is 0 Å². The Morgan fingerprint density at radius 1 is 1.39 bits per heavy atom. The molecule has 0 amide bonds. The number of nitrogens with two attached hydrogens (primary N) is 1. The minimum absolute atomic E-state index is 0.567. The molecule has 1 aromatic rings. The van der Waals surface area contributed by atoms with E-state index in [1.54, 1.807) is 0 Å². The average molecular weight is 303 g/mol. The molecule has 2 rings (SSSR count). The van der Waals surface area contributed by atoms with Crippen molar-refractivity contribution in [1.29, 1.82) is 0 Å². The first-order valence-corrected chi connectivity index (χ1v) is 7.19. The lowest BCUT2D eigenvalue weighted by molar-refractivity contribution is 0.263. The lowest BCUT2D eigenvalue weighted by Crippen LogP contribution is -2.29. The molecular formula is C13H16Cl2N2S. The van der Waals surface area contributed by atoms with Gasteiger partial charge in [-0.25, -0.2) is 0 Å². The van der Waals surface area contributed by atoms with E-state index in [2.05, 4.69) is 4.90 Å². The van der Waals surface area contributed by atoms with Crippen molar-refractivity contribution < 1.29 is 0 Å². The molecule has 1 aromatic carbocycles. The molecule has 1 saturated carbocycles. The zero-order chi connectivity index (χ0) is 13.1. The van der Waals surface area contributed by atoms with Crippen molar-refractivity contribution in [2.45, 2.75) is 31.8 Å². The summed E-state index contributed by atoms with van der Waals surface area (Å²) < 4.78 is 0. The van der Waals surface area contributed by atoms with Crippen LogP contribution < -0.4 is 5.73 Å². The van der Waals surface area contributed by atoms with Gasteiger partial charge < -0.3 is 5.73 Å². The largest absolute Gasteiger partial charge is 0.393 e. The van der Waals surface area contributed by atoms with Crippen LogP contribution in [-0.2, 0) is 6.54 Å². The Morgan fingerprint density at radius 3 is 2.72 bits per heavy atom. The topological polar surface area (TPSA) is 29.3 Å². The molecule has 2 N–H and O–H groups in total. The van der Waals surface area contributed by atoms with Crippen LogP contribution in [-0.4, -0.2) is 22.5 Å². The second kappa shape index (κ2) is 6.20. The molecule has 0 radical (unpaired) electrons. The highest BCUT2D eigenvalue weighted by molar-refractivity contribution is 7.80. The van der Waals surface area contributed by atoms with Gasteiger partial charge in [0, 0.05) is 35.6 Å². The van der Waals surface area contributed by atoms with Gasteiger partial charge >= 0.3 is 0 Å². The molecule has 0 heterocycles. The molecule has 5 heteroatoms. The normalized spacial score (nSPS) is 15.1. The zero-order valence-corrected chi connectivity index (χ0v) is 12.4. The summed E-state index contributed by atoms with van der Waals surface area (Å²) in [6.07, 6.45) is 3.25. The first kappa shape index (κ1) is 14.1. The molecule has 0 aromatic heterocycles. The molecule has 0 atom stereocenters. The van der Waals surface area contributed by atoms with Gasteiger partial charge in [0.2, 0.25) is 0 Å². The molecule has 0 spiro atoms. The van der Waals surface area contributed by atoms with Crippen LogP contribution in [0.4, 0.5) is 0 Å². The SMILES string of the molecule is NC(=S)CCN(Cc1cc(Cl)ccc1Cl)C1CC1. The molecular weight excluding hydrogens is 287 g/mol. The van der Waals surface area contributed by atoms with E-state index in [4.69, 9.17) is 41.2 Å². The van der Waals surface area contributed by atoms with Crippen molar-refractivity contribution in [1.82, 2.24) is 4.90 Å². The van der Waals surface area contributed by atoms with E-state index < -0.39 is 0 Å². The van der Waals surface area contributed by atoms with Gasteiger partial charge in [0.15, 0.2) is 0 Å². The van der Waals surface area contributed by atoms with Crippen molar-refractivity contribution in [2.75, 3.05) is 6.54 Å². The second-order valence-corrected chi connectivity index (χ2v) is 6.02.